The molecule has 2 rings (SSSR count). The first-order valence-electron chi connectivity index (χ1n) is 5.52. The van der Waals surface area contributed by atoms with Crippen molar-refractivity contribution < 1.29 is 13.1 Å². The second kappa shape index (κ2) is 5.39. The third kappa shape index (κ3) is 3.01. The minimum Gasteiger partial charge on any atom is -0.338 e. The van der Waals surface area contributed by atoms with Gasteiger partial charge in [0, 0.05) is 10.8 Å². The molecule has 1 atom stereocenters. The SMILES string of the molecule is CC(C)c1noc(CS(=O)c2ccc(F)cc2)n1. The molecule has 0 amide bonds. The van der Waals surface area contributed by atoms with Crippen LogP contribution in [0.25, 0.3) is 0 Å². The van der Waals surface area contributed by atoms with Crippen LogP contribution in [0.15, 0.2) is 33.7 Å². The first-order valence-corrected chi connectivity index (χ1v) is 6.84. The molecule has 0 spiro atoms. The summed E-state index contributed by atoms with van der Waals surface area (Å²) in [6, 6.07) is 5.54. The van der Waals surface area contributed by atoms with E-state index in [-0.39, 0.29) is 17.5 Å². The summed E-state index contributed by atoms with van der Waals surface area (Å²) in [6.07, 6.45) is 0. The van der Waals surface area contributed by atoms with Gasteiger partial charge in [-0.2, -0.15) is 4.98 Å². The maximum absolute atomic E-state index is 12.7. The molecule has 0 N–H and O–H groups in total. The van der Waals surface area contributed by atoms with Crippen LogP contribution in [-0.4, -0.2) is 14.3 Å². The lowest BCUT2D eigenvalue weighted by Crippen LogP contribution is -1.97. The zero-order valence-electron chi connectivity index (χ0n) is 10.1. The van der Waals surface area contributed by atoms with Gasteiger partial charge in [0.15, 0.2) is 5.82 Å². The molecule has 1 aromatic heterocycles. The monoisotopic (exact) mass is 268 g/mol. The molecule has 0 saturated heterocycles. The number of hydrogen-bond donors (Lipinski definition) is 0. The number of hydrogen-bond acceptors (Lipinski definition) is 4. The maximum atomic E-state index is 12.7. The fraction of sp³-hybridized carbons (Fsp3) is 0.333. The van der Waals surface area contributed by atoms with E-state index in [2.05, 4.69) is 10.1 Å². The van der Waals surface area contributed by atoms with E-state index in [1.165, 1.54) is 24.3 Å². The fourth-order valence-electron chi connectivity index (χ4n) is 1.34. The van der Waals surface area contributed by atoms with Crippen molar-refractivity contribution in [2.24, 2.45) is 0 Å². The molecule has 0 saturated carbocycles. The van der Waals surface area contributed by atoms with Gasteiger partial charge in [0.05, 0.1) is 10.8 Å². The average molecular weight is 268 g/mol. The molecule has 0 aliphatic carbocycles. The van der Waals surface area contributed by atoms with Crippen molar-refractivity contribution >= 4 is 10.8 Å². The Morgan fingerprint density at radius 2 is 2.00 bits per heavy atom. The quantitative estimate of drug-likeness (QED) is 0.855. The summed E-state index contributed by atoms with van der Waals surface area (Å²) in [6.45, 7) is 3.90. The Hall–Kier alpha value is -1.56. The van der Waals surface area contributed by atoms with Crippen LogP contribution in [0.2, 0.25) is 0 Å². The van der Waals surface area contributed by atoms with Crippen molar-refractivity contribution in [2.45, 2.75) is 30.4 Å². The summed E-state index contributed by atoms with van der Waals surface area (Å²) in [5.41, 5.74) is 0. The summed E-state index contributed by atoms with van der Waals surface area (Å²) in [4.78, 5) is 4.69. The van der Waals surface area contributed by atoms with E-state index in [9.17, 15) is 8.60 Å². The predicted molar refractivity (Wildman–Crippen MR) is 64.9 cm³/mol. The van der Waals surface area contributed by atoms with E-state index in [0.29, 0.717) is 16.6 Å². The molecule has 0 fully saturated rings. The Kier molecular flexibility index (Phi) is 3.86. The zero-order chi connectivity index (χ0) is 13.1. The van der Waals surface area contributed by atoms with Gasteiger partial charge in [-0.05, 0) is 24.3 Å². The smallest absolute Gasteiger partial charge is 0.239 e. The molecule has 0 bridgehead atoms. The van der Waals surface area contributed by atoms with E-state index in [1.807, 2.05) is 13.8 Å². The topological polar surface area (TPSA) is 56.0 Å². The molecule has 2 aromatic rings. The second-order valence-corrected chi connectivity index (χ2v) is 5.60. The van der Waals surface area contributed by atoms with Crippen molar-refractivity contribution in [2.75, 3.05) is 0 Å². The van der Waals surface area contributed by atoms with Gasteiger partial charge in [-0.25, -0.2) is 4.39 Å². The van der Waals surface area contributed by atoms with Gasteiger partial charge in [0.2, 0.25) is 5.89 Å². The molecule has 0 aliphatic rings. The van der Waals surface area contributed by atoms with Gasteiger partial charge >= 0.3 is 0 Å². The van der Waals surface area contributed by atoms with Gasteiger partial charge in [0.1, 0.15) is 11.6 Å². The van der Waals surface area contributed by atoms with Crippen molar-refractivity contribution in [3.63, 3.8) is 0 Å². The summed E-state index contributed by atoms with van der Waals surface area (Å²) >= 11 is 0. The Bertz CT molecular complexity index is 551. The highest BCUT2D eigenvalue weighted by Crippen LogP contribution is 2.14. The van der Waals surface area contributed by atoms with Crippen LogP contribution in [0, 0.1) is 5.82 Å². The molecule has 0 aliphatic heterocycles. The first kappa shape index (κ1) is 12.9. The third-order valence-corrected chi connectivity index (χ3v) is 3.64. The van der Waals surface area contributed by atoms with Crippen molar-refractivity contribution in [1.82, 2.24) is 10.1 Å². The molecule has 0 radical (unpaired) electrons. The van der Waals surface area contributed by atoms with Gasteiger partial charge in [-0.1, -0.05) is 19.0 Å². The lowest BCUT2D eigenvalue weighted by molar-refractivity contribution is 0.382. The predicted octanol–water partition coefficient (Wildman–Crippen LogP) is 2.64. The first-order chi connectivity index (χ1) is 8.56. The number of halogens is 1. The van der Waals surface area contributed by atoms with Crippen molar-refractivity contribution in [3.8, 4) is 0 Å². The lowest BCUT2D eigenvalue weighted by atomic mass is 10.2. The zero-order valence-corrected chi connectivity index (χ0v) is 10.9. The molecule has 4 nitrogen and oxygen atoms in total. The number of benzene rings is 1. The summed E-state index contributed by atoms with van der Waals surface area (Å²) in [7, 11) is -1.31. The third-order valence-electron chi connectivity index (χ3n) is 2.33. The Balaban J connectivity index is 2.08. The Morgan fingerprint density at radius 3 is 2.56 bits per heavy atom. The Morgan fingerprint density at radius 1 is 1.33 bits per heavy atom. The van der Waals surface area contributed by atoms with Gasteiger partial charge in [-0.3, -0.25) is 4.21 Å². The van der Waals surface area contributed by atoms with E-state index in [1.54, 1.807) is 0 Å². The molecule has 1 heterocycles. The largest absolute Gasteiger partial charge is 0.338 e. The van der Waals surface area contributed by atoms with E-state index in [0.717, 1.165) is 0 Å². The van der Waals surface area contributed by atoms with Crippen LogP contribution >= 0.6 is 0 Å². The average Bonchev–Trinajstić information content (AvgIpc) is 2.78. The van der Waals surface area contributed by atoms with Crippen LogP contribution in [0.3, 0.4) is 0 Å². The van der Waals surface area contributed by atoms with Crippen LogP contribution in [0.4, 0.5) is 4.39 Å². The van der Waals surface area contributed by atoms with Gasteiger partial charge in [0.25, 0.3) is 0 Å². The van der Waals surface area contributed by atoms with Crippen LogP contribution in [0.5, 0.6) is 0 Å². The molecule has 1 aromatic carbocycles. The molecule has 1 unspecified atom stereocenters. The van der Waals surface area contributed by atoms with E-state index in [4.69, 9.17) is 4.52 Å². The van der Waals surface area contributed by atoms with Crippen LogP contribution in [0.1, 0.15) is 31.5 Å². The van der Waals surface area contributed by atoms with E-state index < -0.39 is 10.8 Å². The van der Waals surface area contributed by atoms with Gasteiger partial charge in [-0.15, -0.1) is 0 Å². The maximum Gasteiger partial charge on any atom is 0.239 e. The molecular weight excluding hydrogens is 255 g/mol. The Labute approximate surface area is 107 Å². The number of rotatable bonds is 4. The minimum absolute atomic E-state index is 0.144. The highest BCUT2D eigenvalue weighted by Gasteiger charge is 2.13. The van der Waals surface area contributed by atoms with Crippen molar-refractivity contribution in [1.29, 1.82) is 0 Å². The van der Waals surface area contributed by atoms with Gasteiger partial charge < -0.3 is 4.52 Å². The fourth-order valence-corrected chi connectivity index (χ4v) is 2.29. The van der Waals surface area contributed by atoms with Crippen LogP contribution in [-0.2, 0) is 16.6 Å². The lowest BCUT2D eigenvalue weighted by Gasteiger charge is -1.98. The summed E-state index contributed by atoms with van der Waals surface area (Å²) < 4.78 is 29.7. The number of nitrogens with zero attached hydrogens (tertiary/aromatic N) is 2. The molecule has 18 heavy (non-hydrogen) atoms. The highest BCUT2D eigenvalue weighted by molar-refractivity contribution is 7.84. The molecule has 96 valence electrons. The van der Waals surface area contributed by atoms with Crippen LogP contribution < -0.4 is 0 Å². The van der Waals surface area contributed by atoms with Crippen molar-refractivity contribution in [3.05, 3.63) is 41.8 Å². The number of aromatic nitrogens is 2. The summed E-state index contributed by atoms with van der Waals surface area (Å²) in [5.74, 6) is 0.894. The standard InChI is InChI=1S/C12H13FN2O2S/c1-8(2)12-14-11(17-15-12)7-18(16)10-5-3-9(13)4-6-10/h3-6,8H,7H2,1-2H3. The normalized spacial score (nSPS) is 12.9. The highest BCUT2D eigenvalue weighted by atomic mass is 32.2. The minimum atomic E-state index is -1.31. The summed E-state index contributed by atoms with van der Waals surface area (Å²) in [5, 5.41) is 3.80. The van der Waals surface area contributed by atoms with E-state index >= 15 is 0 Å². The molecule has 6 heteroatoms. The second-order valence-electron chi connectivity index (χ2n) is 4.14. The molecular formula is C12H13FN2O2S.